The topological polar surface area (TPSA) is 58.9 Å². The minimum absolute atomic E-state index is 0.0681. The maximum absolute atomic E-state index is 13.5. The molecule has 6 nitrogen and oxygen atoms in total. The van der Waals surface area contributed by atoms with Crippen LogP contribution in [0.1, 0.15) is 12.8 Å². The summed E-state index contributed by atoms with van der Waals surface area (Å²) < 4.78 is 16.7. The number of fused-ring (bicyclic) bond motifs is 5. The van der Waals surface area contributed by atoms with Crippen molar-refractivity contribution in [2.75, 3.05) is 25.0 Å². The van der Waals surface area contributed by atoms with Gasteiger partial charge in [-0.15, -0.1) is 11.3 Å². The number of benzene rings is 2. The van der Waals surface area contributed by atoms with Gasteiger partial charge in [-0.3, -0.25) is 4.68 Å². The summed E-state index contributed by atoms with van der Waals surface area (Å²) in [7, 11) is 0. The van der Waals surface area contributed by atoms with Crippen LogP contribution in [0.25, 0.3) is 31.2 Å². The highest BCUT2D eigenvalue weighted by atomic mass is 35.5. The van der Waals surface area contributed by atoms with Crippen LogP contribution in [-0.4, -0.2) is 44.3 Å². The van der Waals surface area contributed by atoms with Crippen molar-refractivity contribution >= 4 is 65.6 Å². The first-order valence-electron chi connectivity index (χ1n) is 10.6. The molecule has 0 saturated carbocycles. The zero-order valence-corrected chi connectivity index (χ0v) is 18.8. The third kappa shape index (κ3) is 3.48. The zero-order valence-electron chi connectivity index (χ0n) is 17.2. The molecule has 1 aliphatic heterocycles. The summed E-state index contributed by atoms with van der Waals surface area (Å²) in [6, 6.07) is 8.69. The van der Waals surface area contributed by atoms with Crippen molar-refractivity contribution in [1.29, 1.82) is 0 Å². The van der Waals surface area contributed by atoms with E-state index in [9.17, 15) is 4.39 Å². The maximum Gasteiger partial charge on any atom is 0.143 e. The van der Waals surface area contributed by atoms with Gasteiger partial charge in [-0.25, -0.2) is 14.4 Å². The van der Waals surface area contributed by atoms with E-state index in [1.54, 1.807) is 29.8 Å². The second-order valence-electron chi connectivity index (χ2n) is 8.07. The Morgan fingerprint density at radius 2 is 1.94 bits per heavy atom. The van der Waals surface area contributed by atoms with Crippen molar-refractivity contribution in [2.24, 2.45) is 0 Å². The van der Waals surface area contributed by atoms with Crippen LogP contribution in [0, 0.1) is 5.82 Å². The molecule has 1 aliphatic rings. The van der Waals surface area contributed by atoms with Gasteiger partial charge in [-0.05, 0) is 50.2 Å². The third-order valence-electron chi connectivity index (χ3n) is 5.99. The Balaban J connectivity index is 1.40. The Labute approximate surface area is 192 Å². The number of rotatable bonds is 5. The number of thiophene rings is 1. The Morgan fingerprint density at radius 3 is 2.78 bits per heavy atom. The highest BCUT2D eigenvalue weighted by Crippen LogP contribution is 2.40. The summed E-state index contributed by atoms with van der Waals surface area (Å²) in [6.45, 7) is 4.30. The summed E-state index contributed by atoms with van der Waals surface area (Å²) in [5, 5.41) is 11.3. The van der Waals surface area contributed by atoms with Crippen molar-refractivity contribution in [2.45, 2.75) is 19.4 Å². The largest absolute Gasteiger partial charge is 0.340 e. The van der Waals surface area contributed by atoms with Gasteiger partial charge in [0.05, 0.1) is 22.5 Å². The molecule has 3 aromatic heterocycles. The molecule has 162 valence electrons. The number of halogens is 2. The Hall–Kier alpha value is -2.81. The number of nitrogens with one attached hydrogen (secondary N) is 1. The molecule has 9 heteroatoms. The number of nitrogens with zero attached hydrogens (tertiary/aromatic N) is 5. The molecular weight excluding hydrogens is 447 g/mol. The zero-order chi connectivity index (χ0) is 21.7. The normalized spacial score (nSPS) is 14.8. The lowest BCUT2D eigenvalue weighted by Crippen LogP contribution is -2.24. The van der Waals surface area contributed by atoms with E-state index in [-0.39, 0.29) is 5.02 Å². The highest BCUT2D eigenvalue weighted by molar-refractivity contribution is 7.26. The Morgan fingerprint density at radius 1 is 1.06 bits per heavy atom. The average Bonchev–Trinajstić information content (AvgIpc) is 3.52. The first-order chi connectivity index (χ1) is 15.7. The lowest BCUT2D eigenvalue weighted by atomic mass is 10.1. The van der Waals surface area contributed by atoms with E-state index < -0.39 is 5.82 Å². The molecule has 0 unspecified atom stereocenters. The molecule has 5 aromatic rings. The number of aromatic nitrogens is 4. The summed E-state index contributed by atoms with van der Waals surface area (Å²) in [4.78, 5) is 12.3. The molecule has 0 radical (unpaired) electrons. The van der Waals surface area contributed by atoms with Crippen molar-refractivity contribution in [3.63, 3.8) is 0 Å². The number of hydrogen-bond donors (Lipinski definition) is 1. The molecule has 0 spiro atoms. The molecule has 2 aromatic carbocycles. The lowest BCUT2D eigenvalue weighted by Gasteiger charge is -2.13. The quantitative estimate of drug-likeness (QED) is 0.353. The predicted molar refractivity (Wildman–Crippen MR) is 129 cm³/mol. The fourth-order valence-electron chi connectivity index (χ4n) is 4.38. The number of anilines is 2. The monoisotopic (exact) mass is 466 g/mol. The van der Waals surface area contributed by atoms with E-state index in [0.717, 1.165) is 44.3 Å². The summed E-state index contributed by atoms with van der Waals surface area (Å²) in [6.07, 6.45) is 6.28. The second kappa shape index (κ2) is 7.95. The van der Waals surface area contributed by atoms with Crippen LogP contribution in [0.2, 0.25) is 5.02 Å². The standard InChI is InChI=1S/C23H20ClFN6S/c24-17-11-14(3-5-18(17)25)28-22-20-15-4-6-19-16(21(15)32-23(20)27-13-26-22)12-31(29-19)10-9-30-7-1-2-8-30/h3-6,11-13H,1-2,7-10H2,(H,26,27,28). The summed E-state index contributed by atoms with van der Waals surface area (Å²) in [5.74, 6) is 0.222. The Kier molecular flexibility index (Phi) is 4.93. The molecule has 0 amide bonds. The van der Waals surface area contributed by atoms with Crippen molar-refractivity contribution in [1.82, 2.24) is 24.6 Å². The molecule has 0 aliphatic carbocycles. The minimum atomic E-state index is -0.449. The van der Waals surface area contributed by atoms with Crippen LogP contribution in [0.3, 0.4) is 0 Å². The fourth-order valence-corrected chi connectivity index (χ4v) is 5.71. The second-order valence-corrected chi connectivity index (χ2v) is 9.48. The predicted octanol–water partition coefficient (Wildman–Crippen LogP) is 5.83. The van der Waals surface area contributed by atoms with E-state index in [2.05, 4.69) is 43.2 Å². The van der Waals surface area contributed by atoms with Crippen LogP contribution in [0.5, 0.6) is 0 Å². The molecule has 1 N–H and O–H groups in total. The fraction of sp³-hybridized carbons (Fsp3) is 0.261. The summed E-state index contributed by atoms with van der Waals surface area (Å²) >= 11 is 7.59. The Bertz CT molecular complexity index is 1460. The molecule has 6 rings (SSSR count). The molecule has 32 heavy (non-hydrogen) atoms. The summed E-state index contributed by atoms with van der Waals surface area (Å²) in [5.41, 5.74) is 1.66. The van der Waals surface area contributed by atoms with E-state index in [1.807, 2.05) is 0 Å². The third-order valence-corrected chi connectivity index (χ3v) is 7.43. The van der Waals surface area contributed by atoms with Gasteiger partial charge in [0.25, 0.3) is 0 Å². The van der Waals surface area contributed by atoms with Gasteiger partial charge in [-0.1, -0.05) is 17.7 Å². The average molecular weight is 467 g/mol. The molecule has 0 atom stereocenters. The molecule has 0 bridgehead atoms. The van der Waals surface area contributed by atoms with Crippen LogP contribution < -0.4 is 5.32 Å². The van der Waals surface area contributed by atoms with Gasteiger partial charge in [0.2, 0.25) is 0 Å². The van der Waals surface area contributed by atoms with Gasteiger partial charge in [0, 0.05) is 33.9 Å². The van der Waals surface area contributed by atoms with E-state index in [0.29, 0.717) is 11.5 Å². The first kappa shape index (κ1) is 19.8. The van der Waals surface area contributed by atoms with E-state index >= 15 is 0 Å². The molecular formula is C23H20ClFN6S. The SMILES string of the molecule is Fc1ccc(Nc2ncnc3sc4c5cn(CCN6CCCC6)nc5ccc4c23)cc1Cl. The van der Waals surface area contributed by atoms with Gasteiger partial charge in [0.15, 0.2) is 0 Å². The van der Waals surface area contributed by atoms with Gasteiger partial charge in [0.1, 0.15) is 22.8 Å². The smallest absolute Gasteiger partial charge is 0.143 e. The highest BCUT2D eigenvalue weighted by Gasteiger charge is 2.17. The van der Waals surface area contributed by atoms with Crippen LogP contribution in [0.4, 0.5) is 15.9 Å². The minimum Gasteiger partial charge on any atom is -0.340 e. The number of hydrogen-bond acceptors (Lipinski definition) is 6. The van der Waals surface area contributed by atoms with Gasteiger partial charge >= 0.3 is 0 Å². The lowest BCUT2D eigenvalue weighted by molar-refractivity contribution is 0.316. The molecule has 4 heterocycles. The van der Waals surface area contributed by atoms with Crippen molar-refractivity contribution in [3.05, 3.63) is 53.7 Å². The van der Waals surface area contributed by atoms with Crippen LogP contribution in [-0.2, 0) is 6.54 Å². The van der Waals surface area contributed by atoms with Gasteiger partial charge < -0.3 is 10.2 Å². The van der Waals surface area contributed by atoms with E-state index in [4.69, 9.17) is 16.7 Å². The molecule has 1 saturated heterocycles. The van der Waals surface area contributed by atoms with Crippen LogP contribution >= 0.6 is 22.9 Å². The first-order valence-corrected chi connectivity index (χ1v) is 11.8. The van der Waals surface area contributed by atoms with Crippen molar-refractivity contribution in [3.8, 4) is 0 Å². The maximum atomic E-state index is 13.5. The van der Waals surface area contributed by atoms with Gasteiger partial charge in [-0.2, -0.15) is 5.10 Å². The van der Waals surface area contributed by atoms with Crippen molar-refractivity contribution < 1.29 is 4.39 Å². The van der Waals surface area contributed by atoms with E-state index in [1.165, 1.54) is 32.0 Å². The van der Waals surface area contributed by atoms with Crippen LogP contribution in [0.15, 0.2) is 42.9 Å². The number of likely N-dealkylation sites (tertiary alicyclic amines) is 1. The molecule has 1 fully saturated rings.